The summed E-state index contributed by atoms with van der Waals surface area (Å²) in [5.74, 6) is 1.71. The van der Waals surface area contributed by atoms with Gasteiger partial charge in [0.25, 0.3) is 0 Å². The van der Waals surface area contributed by atoms with Gasteiger partial charge in [-0.25, -0.2) is 0 Å². The van der Waals surface area contributed by atoms with Crippen LogP contribution in [0.2, 0.25) is 0 Å². The van der Waals surface area contributed by atoms with Gasteiger partial charge in [-0.2, -0.15) is 0 Å². The van der Waals surface area contributed by atoms with Crippen molar-refractivity contribution in [3.63, 3.8) is 0 Å². The van der Waals surface area contributed by atoms with Gasteiger partial charge < -0.3 is 14.6 Å². The minimum Gasteiger partial charge on any atom is -0.496 e. The first kappa shape index (κ1) is 17.1. The van der Waals surface area contributed by atoms with Crippen LogP contribution in [0.25, 0.3) is 16.6 Å². The smallest absolute Gasteiger partial charge is 0.239 e. The molecule has 0 atom stereocenters. The molecule has 4 rings (SSSR count). The third kappa shape index (κ3) is 3.48. The standard InChI is InChI=1S/C20H21N5O2/c1-27-17-7-4-6-16-15(17)10-13-24(16)14-20(26)21-11-5-9-19-23-22-18-8-2-3-12-25(18)19/h2-4,6-8,10,12-13H,5,9,11,14H2,1H3,(H,21,26). The number of ether oxygens (including phenoxy) is 1. The number of aryl methyl sites for hydroxylation is 1. The van der Waals surface area contributed by atoms with E-state index in [0.29, 0.717) is 6.54 Å². The van der Waals surface area contributed by atoms with Crippen molar-refractivity contribution in [1.82, 2.24) is 24.5 Å². The summed E-state index contributed by atoms with van der Waals surface area (Å²) in [5, 5.41) is 12.3. The SMILES string of the molecule is COc1cccc2c1ccn2CC(=O)NCCCc1nnc2ccccn12. The Morgan fingerprint density at radius 2 is 2.04 bits per heavy atom. The van der Waals surface area contributed by atoms with Gasteiger partial charge in [0.2, 0.25) is 5.91 Å². The Labute approximate surface area is 156 Å². The van der Waals surface area contributed by atoms with Crippen molar-refractivity contribution >= 4 is 22.5 Å². The zero-order chi connectivity index (χ0) is 18.6. The molecule has 0 saturated heterocycles. The lowest BCUT2D eigenvalue weighted by Gasteiger charge is -2.08. The minimum atomic E-state index is -0.0126. The first-order chi connectivity index (χ1) is 13.3. The number of nitrogens with one attached hydrogen (secondary N) is 1. The fourth-order valence-corrected chi connectivity index (χ4v) is 3.26. The number of nitrogens with zero attached hydrogens (tertiary/aromatic N) is 4. The molecule has 0 fully saturated rings. The van der Waals surface area contributed by atoms with Gasteiger partial charge in [-0.3, -0.25) is 9.20 Å². The molecular formula is C20H21N5O2. The highest BCUT2D eigenvalue weighted by Crippen LogP contribution is 2.26. The number of hydrogen-bond donors (Lipinski definition) is 1. The molecule has 138 valence electrons. The zero-order valence-electron chi connectivity index (χ0n) is 15.1. The average Bonchev–Trinajstić information content (AvgIpc) is 3.29. The van der Waals surface area contributed by atoms with Crippen LogP contribution in [0.1, 0.15) is 12.2 Å². The zero-order valence-corrected chi connectivity index (χ0v) is 15.1. The van der Waals surface area contributed by atoms with E-state index in [2.05, 4.69) is 15.5 Å². The molecular weight excluding hydrogens is 342 g/mol. The highest BCUT2D eigenvalue weighted by Gasteiger charge is 2.09. The van der Waals surface area contributed by atoms with Gasteiger partial charge in [0.1, 0.15) is 18.1 Å². The lowest BCUT2D eigenvalue weighted by Crippen LogP contribution is -2.28. The summed E-state index contributed by atoms with van der Waals surface area (Å²) in [7, 11) is 1.65. The summed E-state index contributed by atoms with van der Waals surface area (Å²) in [6.45, 7) is 0.883. The third-order valence-electron chi connectivity index (χ3n) is 4.59. The molecule has 0 saturated carbocycles. The summed E-state index contributed by atoms with van der Waals surface area (Å²) in [4.78, 5) is 12.3. The van der Waals surface area contributed by atoms with Crippen LogP contribution in [-0.4, -0.2) is 38.7 Å². The normalized spacial score (nSPS) is 11.1. The van der Waals surface area contributed by atoms with Crippen molar-refractivity contribution in [1.29, 1.82) is 0 Å². The topological polar surface area (TPSA) is 73.4 Å². The second kappa shape index (κ2) is 7.49. The Hall–Kier alpha value is -3.35. The largest absolute Gasteiger partial charge is 0.496 e. The van der Waals surface area contributed by atoms with E-state index >= 15 is 0 Å². The maximum Gasteiger partial charge on any atom is 0.239 e. The Morgan fingerprint density at radius 1 is 1.11 bits per heavy atom. The highest BCUT2D eigenvalue weighted by atomic mass is 16.5. The van der Waals surface area contributed by atoms with Crippen LogP contribution in [0.4, 0.5) is 0 Å². The van der Waals surface area contributed by atoms with Gasteiger partial charge >= 0.3 is 0 Å². The highest BCUT2D eigenvalue weighted by molar-refractivity contribution is 5.88. The van der Waals surface area contributed by atoms with Crippen LogP contribution < -0.4 is 10.1 Å². The number of methoxy groups -OCH3 is 1. The van der Waals surface area contributed by atoms with Gasteiger partial charge in [-0.1, -0.05) is 12.1 Å². The van der Waals surface area contributed by atoms with E-state index in [9.17, 15) is 4.79 Å². The van der Waals surface area contributed by atoms with Crippen LogP contribution >= 0.6 is 0 Å². The molecule has 0 bridgehead atoms. The molecule has 7 heteroatoms. The number of rotatable bonds is 7. The van der Waals surface area contributed by atoms with Gasteiger partial charge in [-0.15, -0.1) is 10.2 Å². The van der Waals surface area contributed by atoms with Gasteiger partial charge in [-0.05, 0) is 36.8 Å². The van der Waals surface area contributed by atoms with Crippen molar-refractivity contribution in [2.45, 2.75) is 19.4 Å². The fraction of sp³-hybridized carbons (Fsp3) is 0.250. The van der Waals surface area contributed by atoms with Crippen LogP contribution in [0, 0.1) is 0 Å². The first-order valence-corrected chi connectivity index (χ1v) is 8.93. The third-order valence-corrected chi connectivity index (χ3v) is 4.59. The monoisotopic (exact) mass is 363 g/mol. The van der Waals surface area contributed by atoms with E-state index in [1.807, 2.05) is 63.8 Å². The number of carbonyl (C=O) groups excluding carboxylic acids is 1. The van der Waals surface area contributed by atoms with E-state index in [-0.39, 0.29) is 12.5 Å². The molecule has 27 heavy (non-hydrogen) atoms. The van der Waals surface area contributed by atoms with E-state index < -0.39 is 0 Å². The maximum absolute atomic E-state index is 12.3. The summed E-state index contributed by atoms with van der Waals surface area (Å²) in [5.41, 5.74) is 1.82. The number of hydrogen-bond acceptors (Lipinski definition) is 4. The van der Waals surface area contributed by atoms with E-state index in [4.69, 9.17) is 4.74 Å². The first-order valence-electron chi connectivity index (χ1n) is 8.93. The maximum atomic E-state index is 12.3. The van der Waals surface area contributed by atoms with E-state index in [1.54, 1.807) is 7.11 Å². The Morgan fingerprint density at radius 3 is 2.93 bits per heavy atom. The number of aromatic nitrogens is 4. The lowest BCUT2D eigenvalue weighted by atomic mass is 10.2. The van der Waals surface area contributed by atoms with Crippen LogP contribution in [0.15, 0.2) is 54.9 Å². The summed E-state index contributed by atoms with van der Waals surface area (Å²) >= 11 is 0. The van der Waals surface area contributed by atoms with Crippen molar-refractivity contribution < 1.29 is 9.53 Å². The molecule has 1 N–H and O–H groups in total. The molecule has 0 radical (unpaired) electrons. The molecule has 7 nitrogen and oxygen atoms in total. The Bertz CT molecular complexity index is 1080. The Kier molecular flexibility index (Phi) is 4.74. The van der Waals surface area contributed by atoms with Gasteiger partial charge in [0, 0.05) is 30.7 Å². The number of fused-ring (bicyclic) bond motifs is 2. The van der Waals surface area contributed by atoms with E-state index in [0.717, 1.165) is 41.0 Å². The molecule has 1 aromatic carbocycles. The molecule has 4 aromatic rings. The second-order valence-electron chi connectivity index (χ2n) is 6.34. The van der Waals surface area contributed by atoms with Crippen LogP contribution in [-0.2, 0) is 17.8 Å². The average molecular weight is 363 g/mol. The van der Waals surface area contributed by atoms with E-state index in [1.165, 1.54) is 0 Å². The second-order valence-corrected chi connectivity index (χ2v) is 6.34. The summed E-state index contributed by atoms with van der Waals surface area (Å²) < 4.78 is 9.27. The Balaban J connectivity index is 1.31. The van der Waals surface area contributed by atoms with Crippen molar-refractivity contribution in [2.24, 2.45) is 0 Å². The molecule has 0 unspecified atom stereocenters. The lowest BCUT2D eigenvalue weighted by molar-refractivity contribution is -0.121. The number of carbonyl (C=O) groups is 1. The summed E-state index contributed by atoms with van der Waals surface area (Å²) in [6, 6.07) is 13.6. The molecule has 3 heterocycles. The van der Waals surface area contributed by atoms with Crippen LogP contribution in [0.5, 0.6) is 5.75 Å². The van der Waals surface area contributed by atoms with Crippen molar-refractivity contribution in [2.75, 3.05) is 13.7 Å². The predicted molar refractivity (Wildman–Crippen MR) is 103 cm³/mol. The van der Waals surface area contributed by atoms with Crippen molar-refractivity contribution in [3.8, 4) is 5.75 Å². The van der Waals surface area contributed by atoms with Crippen molar-refractivity contribution in [3.05, 3.63) is 60.7 Å². The number of pyridine rings is 1. The number of amides is 1. The summed E-state index contributed by atoms with van der Waals surface area (Å²) in [6.07, 6.45) is 5.43. The quantitative estimate of drug-likeness (QED) is 0.512. The number of benzene rings is 1. The van der Waals surface area contributed by atoms with Gasteiger partial charge in [0.05, 0.1) is 12.6 Å². The molecule has 0 aliphatic heterocycles. The predicted octanol–water partition coefficient (Wildman–Crippen LogP) is 2.44. The molecule has 3 aromatic heterocycles. The van der Waals surface area contributed by atoms with Crippen LogP contribution in [0.3, 0.4) is 0 Å². The molecule has 0 aliphatic carbocycles. The minimum absolute atomic E-state index is 0.0126. The molecule has 1 amide bonds. The molecule has 0 aliphatic rings. The van der Waals surface area contributed by atoms with Gasteiger partial charge in [0.15, 0.2) is 5.65 Å². The fourth-order valence-electron chi connectivity index (χ4n) is 3.26. The molecule has 0 spiro atoms.